The Balaban J connectivity index is 1.67. The molecule has 2 N–H and O–H groups in total. The molecular weight excluding hydrogens is 404 g/mol. The molecule has 0 aliphatic rings. The number of fused-ring (bicyclic) bond motifs is 1. The highest BCUT2D eigenvalue weighted by atomic mass is 16.2. The standard InChI is InChI=1S/C24H24N6O2/c1-17(13-14-18-9-5-3-6-10-18)27-28-23-25-21-20(22(31)26-24(32)29(21)2)30(23)16-15-19-11-7-4-8-12-19/h3-14H,15-16H2,1-2H3,(H,25,28)(H,26,31,32). The molecule has 0 saturated carbocycles. The first-order chi connectivity index (χ1) is 15.5. The maximum atomic E-state index is 12.6. The summed E-state index contributed by atoms with van der Waals surface area (Å²) >= 11 is 0. The Morgan fingerprint density at radius 2 is 1.78 bits per heavy atom. The molecule has 0 amide bonds. The normalized spacial score (nSPS) is 12.0. The number of imidazole rings is 1. The van der Waals surface area contributed by atoms with Crippen molar-refractivity contribution in [1.29, 1.82) is 0 Å². The van der Waals surface area contributed by atoms with Gasteiger partial charge in [-0.1, -0.05) is 66.7 Å². The minimum absolute atomic E-state index is 0.307. The van der Waals surface area contributed by atoms with Crippen molar-refractivity contribution in [2.75, 3.05) is 5.43 Å². The molecule has 0 radical (unpaired) electrons. The summed E-state index contributed by atoms with van der Waals surface area (Å²) < 4.78 is 3.09. The van der Waals surface area contributed by atoms with Gasteiger partial charge in [0.05, 0.1) is 5.71 Å². The monoisotopic (exact) mass is 428 g/mol. The van der Waals surface area contributed by atoms with E-state index in [2.05, 4.69) is 20.5 Å². The molecule has 4 aromatic rings. The minimum Gasteiger partial charge on any atom is -0.303 e. The van der Waals surface area contributed by atoms with Crippen LogP contribution in [0.3, 0.4) is 0 Å². The lowest BCUT2D eigenvalue weighted by molar-refractivity contribution is 0.716. The summed E-state index contributed by atoms with van der Waals surface area (Å²) in [6, 6.07) is 19.9. The van der Waals surface area contributed by atoms with Crippen molar-refractivity contribution in [3.63, 3.8) is 0 Å². The van der Waals surface area contributed by atoms with Crippen LogP contribution < -0.4 is 16.7 Å². The first kappa shape index (κ1) is 21.0. The fourth-order valence-electron chi connectivity index (χ4n) is 3.38. The molecule has 0 aliphatic carbocycles. The largest absolute Gasteiger partial charge is 0.329 e. The lowest BCUT2D eigenvalue weighted by Crippen LogP contribution is -2.29. The van der Waals surface area contributed by atoms with Crippen molar-refractivity contribution in [2.24, 2.45) is 12.1 Å². The molecule has 0 atom stereocenters. The first-order valence-corrected chi connectivity index (χ1v) is 10.3. The molecule has 4 rings (SSSR count). The van der Waals surface area contributed by atoms with E-state index in [1.165, 1.54) is 4.57 Å². The summed E-state index contributed by atoms with van der Waals surface area (Å²) in [7, 11) is 1.58. The van der Waals surface area contributed by atoms with E-state index in [0.717, 1.165) is 16.8 Å². The highest BCUT2D eigenvalue weighted by molar-refractivity contribution is 5.96. The number of allylic oxidation sites excluding steroid dienone is 1. The fourth-order valence-corrected chi connectivity index (χ4v) is 3.38. The Bertz CT molecular complexity index is 1400. The molecule has 2 aromatic carbocycles. The zero-order valence-electron chi connectivity index (χ0n) is 17.9. The van der Waals surface area contributed by atoms with Crippen LogP contribution in [0.1, 0.15) is 18.1 Å². The lowest BCUT2D eigenvalue weighted by atomic mass is 10.1. The maximum absolute atomic E-state index is 12.6. The number of aromatic nitrogens is 4. The van der Waals surface area contributed by atoms with E-state index >= 15 is 0 Å². The second kappa shape index (κ2) is 9.30. The van der Waals surface area contributed by atoms with Gasteiger partial charge in [0.25, 0.3) is 5.56 Å². The summed E-state index contributed by atoms with van der Waals surface area (Å²) in [4.78, 5) is 31.5. The van der Waals surface area contributed by atoms with Crippen LogP contribution in [-0.2, 0) is 20.0 Å². The van der Waals surface area contributed by atoms with Gasteiger partial charge < -0.3 is 4.57 Å². The highest BCUT2D eigenvalue weighted by Crippen LogP contribution is 2.17. The van der Waals surface area contributed by atoms with E-state index in [4.69, 9.17) is 0 Å². The molecule has 162 valence electrons. The van der Waals surface area contributed by atoms with Gasteiger partial charge in [-0.3, -0.25) is 14.3 Å². The number of benzene rings is 2. The quantitative estimate of drug-likeness (QED) is 0.349. The first-order valence-electron chi connectivity index (χ1n) is 10.3. The highest BCUT2D eigenvalue weighted by Gasteiger charge is 2.17. The Kier molecular flexibility index (Phi) is 6.12. The van der Waals surface area contributed by atoms with Crippen LogP contribution >= 0.6 is 0 Å². The predicted octanol–water partition coefficient (Wildman–Crippen LogP) is 3.17. The number of aromatic amines is 1. The zero-order chi connectivity index (χ0) is 22.5. The Hall–Kier alpha value is -4.20. The van der Waals surface area contributed by atoms with E-state index in [9.17, 15) is 9.59 Å². The van der Waals surface area contributed by atoms with E-state index < -0.39 is 11.2 Å². The van der Waals surface area contributed by atoms with Gasteiger partial charge in [-0.25, -0.2) is 10.2 Å². The molecule has 2 heterocycles. The third kappa shape index (κ3) is 4.59. The molecule has 8 nitrogen and oxygen atoms in total. The average molecular weight is 428 g/mol. The lowest BCUT2D eigenvalue weighted by Gasteiger charge is -2.08. The second-order valence-corrected chi connectivity index (χ2v) is 7.42. The van der Waals surface area contributed by atoms with Crippen LogP contribution in [0.15, 0.2) is 81.4 Å². The van der Waals surface area contributed by atoms with Gasteiger partial charge in [-0.15, -0.1) is 0 Å². The van der Waals surface area contributed by atoms with E-state index in [1.54, 1.807) is 11.6 Å². The Morgan fingerprint density at radius 1 is 1.09 bits per heavy atom. The number of hydrazone groups is 1. The van der Waals surface area contributed by atoms with E-state index in [0.29, 0.717) is 30.1 Å². The average Bonchev–Trinajstić information content (AvgIpc) is 3.19. The van der Waals surface area contributed by atoms with Crippen LogP contribution in [0.25, 0.3) is 17.2 Å². The molecule has 0 saturated heterocycles. The Labute approximate surface area is 184 Å². The van der Waals surface area contributed by atoms with Crippen molar-refractivity contribution < 1.29 is 0 Å². The molecule has 2 aromatic heterocycles. The number of aryl methyl sites for hydroxylation is 3. The molecule has 0 fully saturated rings. The van der Waals surface area contributed by atoms with Crippen LogP contribution in [-0.4, -0.2) is 24.8 Å². The van der Waals surface area contributed by atoms with Crippen molar-refractivity contribution >= 4 is 28.9 Å². The number of rotatable bonds is 7. The fraction of sp³-hybridized carbons (Fsp3) is 0.167. The van der Waals surface area contributed by atoms with Crippen LogP contribution in [0.5, 0.6) is 0 Å². The molecular formula is C24H24N6O2. The summed E-state index contributed by atoms with van der Waals surface area (Å²) in [5.41, 5.74) is 5.56. The van der Waals surface area contributed by atoms with Gasteiger partial charge >= 0.3 is 5.69 Å². The molecule has 0 bridgehead atoms. The van der Waals surface area contributed by atoms with Gasteiger partial charge in [-0.2, -0.15) is 10.1 Å². The number of hydrogen-bond donors (Lipinski definition) is 2. The molecule has 32 heavy (non-hydrogen) atoms. The van der Waals surface area contributed by atoms with Crippen LogP contribution in [0, 0.1) is 0 Å². The molecule has 8 heteroatoms. The maximum Gasteiger partial charge on any atom is 0.329 e. The van der Waals surface area contributed by atoms with Crippen molar-refractivity contribution in [3.05, 3.63) is 98.7 Å². The van der Waals surface area contributed by atoms with Gasteiger partial charge in [-0.05, 0) is 30.5 Å². The number of nitrogens with zero attached hydrogens (tertiary/aromatic N) is 4. The number of nitrogens with one attached hydrogen (secondary N) is 2. The number of anilines is 1. The van der Waals surface area contributed by atoms with Gasteiger partial charge in [0, 0.05) is 13.6 Å². The smallest absolute Gasteiger partial charge is 0.303 e. The van der Waals surface area contributed by atoms with E-state index in [1.807, 2.05) is 79.7 Å². The SMILES string of the molecule is CC(C=Cc1ccccc1)=NNc1nc2c(c(=O)[nH]c(=O)n2C)n1CCc1ccccc1. The third-order valence-electron chi connectivity index (χ3n) is 5.12. The summed E-state index contributed by atoms with van der Waals surface area (Å²) in [6.07, 6.45) is 4.55. The van der Waals surface area contributed by atoms with Crippen molar-refractivity contribution in [1.82, 2.24) is 19.1 Å². The topological polar surface area (TPSA) is 97.1 Å². The molecule has 0 spiro atoms. The third-order valence-corrected chi connectivity index (χ3v) is 5.12. The van der Waals surface area contributed by atoms with E-state index in [-0.39, 0.29) is 0 Å². The number of H-pyrrole nitrogens is 1. The predicted molar refractivity (Wildman–Crippen MR) is 128 cm³/mol. The van der Waals surface area contributed by atoms with Crippen LogP contribution in [0.2, 0.25) is 0 Å². The summed E-state index contributed by atoms with van der Waals surface area (Å²) in [6.45, 7) is 2.37. The van der Waals surface area contributed by atoms with Gasteiger partial charge in [0.15, 0.2) is 11.2 Å². The second-order valence-electron chi connectivity index (χ2n) is 7.42. The Morgan fingerprint density at radius 3 is 2.50 bits per heavy atom. The zero-order valence-corrected chi connectivity index (χ0v) is 17.9. The molecule has 0 aliphatic heterocycles. The van der Waals surface area contributed by atoms with Crippen molar-refractivity contribution in [3.8, 4) is 0 Å². The number of hydrogen-bond acceptors (Lipinski definition) is 5. The summed E-state index contributed by atoms with van der Waals surface area (Å²) in [5, 5.41) is 4.40. The summed E-state index contributed by atoms with van der Waals surface area (Å²) in [5.74, 6) is 0.398. The van der Waals surface area contributed by atoms with Gasteiger partial charge in [0.2, 0.25) is 5.95 Å². The minimum atomic E-state index is -0.507. The molecule has 0 unspecified atom stereocenters. The van der Waals surface area contributed by atoms with Gasteiger partial charge in [0.1, 0.15) is 0 Å². The van der Waals surface area contributed by atoms with Crippen LogP contribution in [0.4, 0.5) is 5.95 Å². The van der Waals surface area contributed by atoms with Crippen molar-refractivity contribution in [2.45, 2.75) is 19.9 Å².